The maximum Gasteiger partial charge on any atom is 0.102 e. The molecule has 0 saturated heterocycles. The second kappa shape index (κ2) is 7.54. The lowest BCUT2D eigenvalue weighted by molar-refractivity contribution is 0.0488. The van der Waals surface area contributed by atoms with Gasteiger partial charge in [0.1, 0.15) is 5.60 Å². The summed E-state index contributed by atoms with van der Waals surface area (Å²) in [5, 5.41) is 18.1. The number of hydrogen-bond acceptors (Lipinski definition) is 4. The summed E-state index contributed by atoms with van der Waals surface area (Å²) >= 11 is 0. The summed E-state index contributed by atoms with van der Waals surface area (Å²) in [5.41, 5.74) is 1.09. The van der Waals surface area contributed by atoms with Crippen LogP contribution in [0.3, 0.4) is 0 Å². The van der Waals surface area contributed by atoms with Gasteiger partial charge >= 0.3 is 0 Å². The molecule has 0 amide bonds. The Morgan fingerprint density at radius 2 is 2.09 bits per heavy atom. The van der Waals surface area contributed by atoms with Gasteiger partial charge in [0.2, 0.25) is 0 Å². The smallest absolute Gasteiger partial charge is 0.102 e. The molecule has 1 aromatic carbocycles. The van der Waals surface area contributed by atoms with Gasteiger partial charge in [-0.2, -0.15) is 5.10 Å². The first-order valence-corrected chi connectivity index (χ1v) is 7.49. The Morgan fingerprint density at radius 1 is 1.36 bits per heavy atom. The number of rotatable bonds is 8. The van der Waals surface area contributed by atoms with E-state index < -0.39 is 5.60 Å². The molecule has 120 valence electrons. The number of ether oxygens (including phenoxy) is 1. The highest BCUT2D eigenvalue weighted by molar-refractivity contribution is 5.17. The van der Waals surface area contributed by atoms with Gasteiger partial charge in [-0.25, -0.2) is 0 Å². The van der Waals surface area contributed by atoms with Crippen LogP contribution in [-0.4, -0.2) is 41.2 Å². The average molecular weight is 303 g/mol. The number of aromatic nitrogens is 2. The fourth-order valence-electron chi connectivity index (χ4n) is 2.43. The lowest BCUT2D eigenvalue weighted by Gasteiger charge is -2.26. The van der Waals surface area contributed by atoms with E-state index in [1.807, 2.05) is 31.4 Å². The summed E-state index contributed by atoms with van der Waals surface area (Å²) in [5.74, 6) is 0. The number of nitrogens with one attached hydrogen (secondary N) is 1. The molecule has 5 nitrogen and oxygen atoms in total. The lowest BCUT2D eigenvalue weighted by atomic mass is 9.98. The zero-order valence-corrected chi connectivity index (χ0v) is 13.5. The zero-order chi connectivity index (χ0) is 16.0. The minimum absolute atomic E-state index is 0.149. The van der Waals surface area contributed by atoms with Gasteiger partial charge in [-0.05, 0) is 18.9 Å². The molecule has 1 heterocycles. The molecule has 0 aliphatic rings. The monoisotopic (exact) mass is 303 g/mol. The molecule has 0 saturated carbocycles. The van der Waals surface area contributed by atoms with Gasteiger partial charge in [0.05, 0.1) is 12.8 Å². The number of aryl methyl sites for hydroxylation is 1. The third-order valence-electron chi connectivity index (χ3n) is 3.75. The Kier molecular flexibility index (Phi) is 5.71. The molecule has 0 spiro atoms. The third kappa shape index (κ3) is 4.66. The van der Waals surface area contributed by atoms with Crippen molar-refractivity contribution in [2.45, 2.75) is 25.0 Å². The highest BCUT2D eigenvalue weighted by atomic mass is 16.5. The van der Waals surface area contributed by atoms with Crippen LogP contribution in [0.25, 0.3) is 0 Å². The van der Waals surface area contributed by atoms with Crippen molar-refractivity contribution < 1.29 is 9.84 Å². The molecule has 1 aromatic heterocycles. The molecule has 2 N–H and O–H groups in total. The molecule has 2 unspecified atom stereocenters. The molecule has 0 fully saturated rings. The van der Waals surface area contributed by atoms with E-state index in [4.69, 9.17) is 4.74 Å². The molecular weight excluding hydrogens is 278 g/mol. The van der Waals surface area contributed by atoms with Crippen LogP contribution in [0, 0.1) is 0 Å². The predicted octanol–water partition coefficient (Wildman–Crippen LogP) is 1.47. The van der Waals surface area contributed by atoms with Crippen molar-refractivity contribution in [2.75, 3.05) is 20.3 Å². The normalized spacial score (nSPS) is 15.5. The molecule has 2 atom stereocenters. The van der Waals surface area contributed by atoms with Gasteiger partial charge < -0.3 is 15.2 Å². The van der Waals surface area contributed by atoms with Crippen LogP contribution < -0.4 is 5.32 Å². The lowest BCUT2D eigenvalue weighted by Crippen LogP contribution is -2.43. The second-order valence-electron chi connectivity index (χ2n) is 5.90. The van der Waals surface area contributed by atoms with E-state index >= 15 is 0 Å². The van der Waals surface area contributed by atoms with E-state index in [9.17, 15) is 5.11 Å². The van der Waals surface area contributed by atoms with Crippen molar-refractivity contribution in [1.82, 2.24) is 15.1 Å². The fourth-order valence-corrected chi connectivity index (χ4v) is 2.43. The fraction of sp³-hybridized carbons (Fsp3) is 0.471. The number of hydrogen-bond donors (Lipinski definition) is 2. The highest BCUT2D eigenvalue weighted by Gasteiger charge is 2.25. The maximum absolute atomic E-state index is 10.6. The largest absolute Gasteiger partial charge is 0.384 e. The van der Waals surface area contributed by atoms with Gasteiger partial charge in [0.25, 0.3) is 0 Å². The van der Waals surface area contributed by atoms with Crippen LogP contribution in [0.15, 0.2) is 42.7 Å². The standard InChI is InChI=1S/C17H25N3O2/c1-17(21,15-10-19-20(2)11-15)13-18-16(12-22-3)9-14-7-5-4-6-8-14/h4-8,10-11,16,18,21H,9,12-13H2,1-3H3. The zero-order valence-electron chi connectivity index (χ0n) is 13.5. The number of nitrogens with zero attached hydrogens (tertiary/aromatic N) is 2. The van der Waals surface area contributed by atoms with E-state index in [2.05, 4.69) is 22.5 Å². The number of aliphatic hydroxyl groups is 1. The van der Waals surface area contributed by atoms with Gasteiger partial charge in [-0.3, -0.25) is 4.68 Å². The van der Waals surface area contributed by atoms with Gasteiger partial charge in [-0.15, -0.1) is 0 Å². The minimum atomic E-state index is -0.961. The van der Waals surface area contributed by atoms with Crippen molar-refractivity contribution in [3.63, 3.8) is 0 Å². The van der Waals surface area contributed by atoms with Crippen LogP contribution >= 0.6 is 0 Å². The molecule has 2 aromatic rings. The van der Waals surface area contributed by atoms with Crippen molar-refractivity contribution in [1.29, 1.82) is 0 Å². The molecule has 5 heteroatoms. The van der Waals surface area contributed by atoms with E-state index in [1.165, 1.54) is 5.56 Å². The summed E-state index contributed by atoms with van der Waals surface area (Å²) in [6, 6.07) is 10.4. The van der Waals surface area contributed by atoms with Gasteiger partial charge in [0, 0.05) is 38.5 Å². The summed E-state index contributed by atoms with van der Waals surface area (Å²) in [6.45, 7) is 2.83. The molecule has 0 aliphatic carbocycles. The van der Waals surface area contributed by atoms with Crippen LogP contribution in [0.2, 0.25) is 0 Å². The summed E-state index contributed by atoms with van der Waals surface area (Å²) in [6.07, 6.45) is 4.40. The molecule has 0 aliphatic heterocycles. The summed E-state index contributed by atoms with van der Waals surface area (Å²) in [7, 11) is 3.54. The van der Waals surface area contributed by atoms with Gasteiger partial charge in [-0.1, -0.05) is 30.3 Å². The van der Waals surface area contributed by atoms with E-state index in [-0.39, 0.29) is 6.04 Å². The Labute approximate surface area is 131 Å². The van der Waals surface area contributed by atoms with Crippen molar-refractivity contribution in [3.8, 4) is 0 Å². The Balaban J connectivity index is 1.96. The topological polar surface area (TPSA) is 59.3 Å². The minimum Gasteiger partial charge on any atom is -0.384 e. The number of methoxy groups -OCH3 is 1. The SMILES string of the molecule is COCC(Cc1ccccc1)NCC(C)(O)c1cnn(C)c1. The molecule has 22 heavy (non-hydrogen) atoms. The van der Waals surface area contributed by atoms with Crippen molar-refractivity contribution in [3.05, 3.63) is 53.9 Å². The average Bonchev–Trinajstić information content (AvgIpc) is 2.94. The molecule has 0 radical (unpaired) electrons. The molecule has 2 rings (SSSR count). The Hall–Kier alpha value is -1.69. The molecule has 0 bridgehead atoms. The van der Waals surface area contributed by atoms with Crippen LogP contribution in [0.1, 0.15) is 18.1 Å². The van der Waals surface area contributed by atoms with Crippen molar-refractivity contribution >= 4 is 0 Å². The summed E-state index contributed by atoms with van der Waals surface area (Å²) < 4.78 is 6.99. The van der Waals surface area contributed by atoms with E-state index in [0.29, 0.717) is 13.2 Å². The highest BCUT2D eigenvalue weighted by Crippen LogP contribution is 2.19. The van der Waals surface area contributed by atoms with Crippen molar-refractivity contribution in [2.24, 2.45) is 7.05 Å². The Bertz CT molecular complexity index is 566. The summed E-state index contributed by atoms with van der Waals surface area (Å²) in [4.78, 5) is 0. The van der Waals surface area contributed by atoms with E-state index in [1.54, 1.807) is 24.9 Å². The Morgan fingerprint density at radius 3 is 2.68 bits per heavy atom. The van der Waals surface area contributed by atoms with Crippen LogP contribution in [0.5, 0.6) is 0 Å². The quantitative estimate of drug-likeness (QED) is 0.775. The first kappa shape index (κ1) is 16.7. The predicted molar refractivity (Wildman–Crippen MR) is 86.6 cm³/mol. The van der Waals surface area contributed by atoms with E-state index in [0.717, 1.165) is 12.0 Å². The first-order chi connectivity index (χ1) is 10.5. The number of benzene rings is 1. The first-order valence-electron chi connectivity index (χ1n) is 7.49. The third-order valence-corrected chi connectivity index (χ3v) is 3.75. The van der Waals surface area contributed by atoms with Gasteiger partial charge in [0.15, 0.2) is 0 Å². The molecular formula is C17H25N3O2. The van der Waals surface area contributed by atoms with Crippen LogP contribution in [-0.2, 0) is 23.8 Å². The maximum atomic E-state index is 10.6. The second-order valence-corrected chi connectivity index (χ2v) is 5.90. The van der Waals surface area contributed by atoms with Crippen LogP contribution in [0.4, 0.5) is 0 Å².